The van der Waals surface area contributed by atoms with Crippen molar-refractivity contribution in [1.82, 2.24) is 4.90 Å². The van der Waals surface area contributed by atoms with Gasteiger partial charge in [0.2, 0.25) is 5.91 Å². The number of rotatable bonds is 4. The number of amides is 3. The van der Waals surface area contributed by atoms with Crippen LogP contribution in [-0.4, -0.2) is 50.1 Å². The van der Waals surface area contributed by atoms with Crippen molar-refractivity contribution in [3.63, 3.8) is 0 Å². The third kappa shape index (κ3) is 4.33. The lowest BCUT2D eigenvalue weighted by molar-refractivity contribution is -0.121. The first-order chi connectivity index (χ1) is 13.5. The standard InChI is InChI=1S/C20H23N3O5/c1-22(20(26)27-2)17-5-3-16(4-6-17)21-18(24)14-7-10-23(11-8-14)19(25)15-9-12-28-13-15/h3-6,9,12-14H,7-8,10-11H2,1-2H3,(H,21,24). The lowest BCUT2D eigenvalue weighted by Crippen LogP contribution is -2.41. The molecule has 0 atom stereocenters. The van der Waals surface area contributed by atoms with Crippen LogP contribution in [-0.2, 0) is 9.53 Å². The Morgan fingerprint density at radius 1 is 1.14 bits per heavy atom. The van der Waals surface area contributed by atoms with Gasteiger partial charge in [0.15, 0.2) is 0 Å². The van der Waals surface area contributed by atoms with Gasteiger partial charge in [0, 0.05) is 37.4 Å². The van der Waals surface area contributed by atoms with Crippen LogP contribution >= 0.6 is 0 Å². The molecule has 2 aromatic rings. The van der Waals surface area contributed by atoms with Crippen LogP contribution in [0.4, 0.5) is 16.2 Å². The van der Waals surface area contributed by atoms with Gasteiger partial charge in [0.05, 0.1) is 18.9 Å². The summed E-state index contributed by atoms with van der Waals surface area (Å²) in [5.41, 5.74) is 1.85. The summed E-state index contributed by atoms with van der Waals surface area (Å²) in [6, 6.07) is 8.59. The summed E-state index contributed by atoms with van der Waals surface area (Å²) in [7, 11) is 2.93. The average Bonchev–Trinajstić information content (AvgIpc) is 3.27. The van der Waals surface area contributed by atoms with Crippen LogP contribution in [0.25, 0.3) is 0 Å². The number of benzene rings is 1. The van der Waals surface area contributed by atoms with Gasteiger partial charge in [-0.15, -0.1) is 0 Å². The highest BCUT2D eigenvalue weighted by Crippen LogP contribution is 2.22. The van der Waals surface area contributed by atoms with Gasteiger partial charge in [-0.25, -0.2) is 4.79 Å². The van der Waals surface area contributed by atoms with Crippen molar-refractivity contribution < 1.29 is 23.5 Å². The molecule has 8 nitrogen and oxygen atoms in total. The minimum Gasteiger partial charge on any atom is -0.472 e. The Kier molecular flexibility index (Phi) is 5.98. The molecule has 148 valence electrons. The van der Waals surface area contributed by atoms with Crippen molar-refractivity contribution >= 4 is 29.3 Å². The number of hydrogen-bond donors (Lipinski definition) is 1. The second-order valence-corrected chi connectivity index (χ2v) is 6.64. The lowest BCUT2D eigenvalue weighted by atomic mass is 9.95. The van der Waals surface area contributed by atoms with Gasteiger partial charge in [-0.05, 0) is 43.2 Å². The van der Waals surface area contributed by atoms with Crippen molar-refractivity contribution in [1.29, 1.82) is 0 Å². The number of nitrogens with one attached hydrogen (secondary N) is 1. The van der Waals surface area contributed by atoms with E-state index >= 15 is 0 Å². The molecule has 1 aliphatic rings. The molecule has 28 heavy (non-hydrogen) atoms. The molecule has 8 heteroatoms. The summed E-state index contributed by atoms with van der Waals surface area (Å²) in [6.45, 7) is 1.07. The Hall–Kier alpha value is -3.29. The summed E-state index contributed by atoms with van der Waals surface area (Å²) in [4.78, 5) is 39.5. The SMILES string of the molecule is COC(=O)N(C)c1ccc(NC(=O)C2CCN(C(=O)c3ccoc3)CC2)cc1. The number of anilines is 2. The molecule has 0 bridgehead atoms. The molecule has 1 aliphatic heterocycles. The molecule has 1 aromatic carbocycles. The van der Waals surface area contributed by atoms with E-state index in [-0.39, 0.29) is 17.7 Å². The number of likely N-dealkylation sites (tertiary alicyclic amines) is 1. The average molecular weight is 385 g/mol. The largest absolute Gasteiger partial charge is 0.472 e. The molecule has 1 saturated heterocycles. The number of furan rings is 1. The maximum absolute atomic E-state index is 12.5. The van der Waals surface area contributed by atoms with E-state index in [2.05, 4.69) is 10.1 Å². The fourth-order valence-corrected chi connectivity index (χ4v) is 3.17. The zero-order valence-electron chi connectivity index (χ0n) is 15.9. The Morgan fingerprint density at radius 2 is 1.82 bits per heavy atom. The summed E-state index contributed by atoms with van der Waals surface area (Å²) < 4.78 is 9.63. The minimum atomic E-state index is -0.464. The van der Waals surface area contributed by atoms with Crippen molar-refractivity contribution in [2.45, 2.75) is 12.8 Å². The predicted molar refractivity (Wildman–Crippen MR) is 103 cm³/mol. The Balaban J connectivity index is 1.52. The number of hydrogen-bond acceptors (Lipinski definition) is 5. The van der Waals surface area contributed by atoms with E-state index in [4.69, 9.17) is 4.42 Å². The lowest BCUT2D eigenvalue weighted by Gasteiger charge is -2.31. The fourth-order valence-electron chi connectivity index (χ4n) is 3.17. The quantitative estimate of drug-likeness (QED) is 0.874. The highest BCUT2D eigenvalue weighted by molar-refractivity contribution is 5.95. The van der Waals surface area contributed by atoms with Crippen LogP contribution in [0.3, 0.4) is 0 Å². The number of methoxy groups -OCH3 is 1. The maximum atomic E-state index is 12.5. The Morgan fingerprint density at radius 3 is 2.39 bits per heavy atom. The van der Waals surface area contributed by atoms with E-state index in [1.165, 1.54) is 24.5 Å². The van der Waals surface area contributed by atoms with Crippen molar-refractivity contribution in [3.05, 3.63) is 48.4 Å². The first kappa shape index (κ1) is 19.5. The second-order valence-electron chi connectivity index (χ2n) is 6.64. The smallest absolute Gasteiger partial charge is 0.413 e. The van der Waals surface area contributed by atoms with Crippen LogP contribution in [0.5, 0.6) is 0 Å². The highest BCUT2D eigenvalue weighted by Gasteiger charge is 2.28. The summed E-state index contributed by atoms with van der Waals surface area (Å²) >= 11 is 0. The van der Waals surface area contributed by atoms with Crippen molar-refractivity contribution in [2.24, 2.45) is 5.92 Å². The Bertz CT molecular complexity index is 824. The molecule has 0 unspecified atom stereocenters. The summed E-state index contributed by atoms with van der Waals surface area (Å²) in [5, 5.41) is 2.90. The van der Waals surface area contributed by atoms with E-state index in [0.717, 1.165) is 0 Å². The molecule has 2 heterocycles. The minimum absolute atomic E-state index is 0.0653. The normalized spacial score (nSPS) is 14.4. The van der Waals surface area contributed by atoms with E-state index in [1.807, 2.05) is 0 Å². The van der Waals surface area contributed by atoms with E-state index in [9.17, 15) is 14.4 Å². The van der Waals surface area contributed by atoms with Crippen molar-refractivity contribution in [3.8, 4) is 0 Å². The highest BCUT2D eigenvalue weighted by atomic mass is 16.5. The molecule has 0 spiro atoms. The monoisotopic (exact) mass is 385 g/mol. The van der Waals surface area contributed by atoms with Gasteiger partial charge in [-0.3, -0.25) is 14.5 Å². The van der Waals surface area contributed by atoms with E-state index in [0.29, 0.717) is 42.9 Å². The zero-order valence-corrected chi connectivity index (χ0v) is 15.9. The van der Waals surface area contributed by atoms with Gasteiger partial charge in [0.25, 0.3) is 5.91 Å². The Labute approximate surface area is 163 Å². The first-order valence-electron chi connectivity index (χ1n) is 9.03. The molecule has 3 amide bonds. The number of carbonyl (C=O) groups excluding carboxylic acids is 3. The fraction of sp³-hybridized carbons (Fsp3) is 0.350. The first-order valence-corrected chi connectivity index (χ1v) is 9.03. The molecule has 0 radical (unpaired) electrons. The van der Waals surface area contributed by atoms with Crippen LogP contribution in [0, 0.1) is 5.92 Å². The number of carbonyl (C=O) groups is 3. The third-order valence-electron chi connectivity index (χ3n) is 4.89. The number of ether oxygens (including phenoxy) is 1. The maximum Gasteiger partial charge on any atom is 0.413 e. The van der Waals surface area contributed by atoms with Crippen LogP contribution in [0.2, 0.25) is 0 Å². The van der Waals surface area contributed by atoms with Gasteiger partial charge < -0.3 is 19.4 Å². The second kappa shape index (κ2) is 8.60. The van der Waals surface area contributed by atoms with Gasteiger partial charge in [0.1, 0.15) is 6.26 Å². The topological polar surface area (TPSA) is 92.1 Å². The molecule has 3 rings (SSSR count). The number of nitrogens with zero attached hydrogens (tertiary/aromatic N) is 2. The molecule has 1 N–H and O–H groups in total. The molecule has 0 aliphatic carbocycles. The summed E-state index contributed by atoms with van der Waals surface area (Å²) in [6.07, 6.45) is 3.66. The predicted octanol–water partition coefficient (Wildman–Crippen LogP) is 2.97. The molecular weight excluding hydrogens is 362 g/mol. The molecule has 1 aromatic heterocycles. The number of piperidine rings is 1. The van der Waals surface area contributed by atoms with Crippen molar-refractivity contribution in [2.75, 3.05) is 37.5 Å². The molecule has 1 fully saturated rings. The van der Waals surface area contributed by atoms with Crippen LogP contribution in [0.15, 0.2) is 47.3 Å². The molecule has 0 saturated carbocycles. The van der Waals surface area contributed by atoms with Gasteiger partial charge in [-0.2, -0.15) is 0 Å². The van der Waals surface area contributed by atoms with Crippen LogP contribution in [0.1, 0.15) is 23.2 Å². The van der Waals surface area contributed by atoms with E-state index < -0.39 is 6.09 Å². The van der Waals surface area contributed by atoms with Gasteiger partial charge >= 0.3 is 6.09 Å². The molecular formula is C20H23N3O5. The summed E-state index contributed by atoms with van der Waals surface area (Å²) in [5.74, 6) is -0.284. The van der Waals surface area contributed by atoms with Crippen LogP contribution < -0.4 is 10.2 Å². The zero-order chi connectivity index (χ0) is 20.1. The third-order valence-corrected chi connectivity index (χ3v) is 4.89. The van der Waals surface area contributed by atoms with E-state index in [1.54, 1.807) is 42.3 Å². The van der Waals surface area contributed by atoms with Gasteiger partial charge in [-0.1, -0.05) is 0 Å².